The average molecular weight is 347 g/mol. The lowest BCUT2D eigenvalue weighted by Gasteiger charge is -2.17. The van der Waals surface area contributed by atoms with Crippen molar-refractivity contribution in [1.29, 1.82) is 0 Å². The first-order valence-electron chi connectivity index (χ1n) is 8.34. The molecule has 0 bridgehead atoms. The molecule has 1 amide bonds. The van der Waals surface area contributed by atoms with Gasteiger partial charge in [-0.05, 0) is 17.7 Å². The second-order valence-corrected chi connectivity index (χ2v) is 5.95. The van der Waals surface area contributed by atoms with E-state index in [4.69, 9.17) is 9.26 Å². The molecule has 0 aliphatic carbocycles. The summed E-state index contributed by atoms with van der Waals surface area (Å²) >= 11 is 0. The van der Waals surface area contributed by atoms with Crippen LogP contribution in [0, 0.1) is 0 Å². The molecule has 1 aliphatic rings. The number of fused-ring (bicyclic) bond motifs is 1. The first-order chi connectivity index (χ1) is 12.8. The molecule has 26 heavy (non-hydrogen) atoms. The summed E-state index contributed by atoms with van der Waals surface area (Å²) in [5, 5.41) is 6.75. The SMILES string of the molecule is O=C(NCc1nc(Cc2ccccc2)no1)C1=Cc2ccccc2OC1. The minimum absolute atomic E-state index is 0.180. The summed E-state index contributed by atoms with van der Waals surface area (Å²) in [5.41, 5.74) is 2.56. The Balaban J connectivity index is 1.36. The highest BCUT2D eigenvalue weighted by Crippen LogP contribution is 2.25. The summed E-state index contributed by atoms with van der Waals surface area (Å²) in [4.78, 5) is 16.6. The van der Waals surface area contributed by atoms with Crippen molar-refractivity contribution in [2.45, 2.75) is 13.0 Å². The fraction of sp³-hybridized carbons (Fsp3) is 0.150. The summed E-state index contributed by atoms with van der Waals surface area (Å²) in [6, 6.07) is 17.5. The van der Waals surface area contributed by atoms with E-state index in [0.29, 0.717) is 23.7 Å². The molecule has 0 fully saturated rings. The smallest absolute Gasteiger partial charge is 0.251 e. The third-order valence-corrected chi connectivity index (χ3v) is 4.04. The Kier molecular flexibility index (Phi) is 4.47. The molecule has 0 saturated carbocycles. The van der Waals surface area contributed by atoms with Crippen molar-refractivity contribution in [1.82, 2.24) is 15.5 Å². The van der Waals surface area contributed by atoms with Gasteiger partial charge in [0.1, 0.15) is 12.4 Å². The summed E-state index contributed by atoms with van der Waals surface area (Å²) in [5.74, 6) is 1.55. The van der Waals surface area contributed by atoms with Gasteiger partial charge in [-0.2, -0.15) is 4.98 Å². The van der Waals surface area contributed by atoms with Gasteiger partial charge in [-0.25, -0.2) is 0 Å². The van der Waals surface area contributed by atoms with Gasteiger partial charge in [0.2, 0.25) is 5.89 Å². The number of carbonyl (C=O) groups excluding carboxylic acids is 1. The fourth-order valence-corrected chi connectivity index (χ4v) is 2.73. The lowest BCUT2D eigenvalue weighted by molar-refractivity contribution is -0.118. The molecule has 6 heteroatoms. The molecule has 130 valence electrons. The molecule has 0 radical (unpaired) electrons. The van der Waals surface area contributed by atoms with Gasteiger partial charge in [-0.3, -0.25) is 4.79 Å². The zero-order chi connectivity index (χ0) is 17.8. The third kappa shape index (κ3) is 3.64. The standard InChI is InChI=1S/C20H17N3O3/c24-20(16-11-15-8-4-5-9-17(15)25-13-16)21-12-19-22-18(23-26-19)10-14-6-2-1-3-7-14/h1-9,11H,10,12-13H2,(H,21,24). The highest BCUT2D eigenvalue weighted by atomic mass is 16.5. The summed E-state index contributed by atoms with van der Waals surface area (Å²) < 4.78 is 10.8. The van der Waals surface area contributed by atoms with Crippen molar-refractivity contribution in [3.8, 4) is 5.75 Å². The average Bonchev–Trinajstić information content (AvgIpc) is 3.14. The van der Waals surface area contributed by atoms with Crippen LogP contribution < -0.4 is 10.1 Å². The van der Waals surface area contributed by atoms with E-state index in [-0.39, 0.29) is 19.1 Å². The summed E-state index contributed by atoms with van der Waals surface area (Å²) in [6.45, 7) is 0.422. The number of ether oxygens (including phenoxy) is 1. The number of nitrogens with one attached hydrogen (secondary N) is 1. The highest BCUT2D eigenvalue weighted by molar-refractivity contribution is 5.99. The molecule has 3 aromatic rings. The molecule has 1 N–H and O–H groups in total. The fourth-order valence-electron chi connectivity index (χ4n) is 2.73. The van der Waals surface area contributed by atoms with E-state index in [2.05, 4.69) is 15.5 Å². The second-order valence-electron chi connectivity index (χ2n) is 5.95. The molecule has 0 spiro atoms. The van der Waals surface area contributed by atoms with E-state index in [1.807, 2.05) is 60.7 Å². The topological polar surface area (TPSA) is 77.3 Å². The molecule has 2 aromatic carbocycles. The van der Waals surface area contributed by atoms with Gasteiger partial charge >= 0.3 is 0 Å². The van der Waals surface area contributed by atoms with Gasteiger partial charge in [-0.15, -0.1) is 0 Å². The number of amides is 1. The number of benzene rings is 2. The lowest BCUT2D eigenvalue weighted by atomic mass is 10.1. The number of rotatable bonds is 5. The number of nitrogens with zero attached hydrogens (tertiary/aromatic N) is 2. The van der Waals surface area contributed by atoms with Crippen molar-refractivity contribution in [2.24, 2.45) is 0 Å². The second kappa shape index (κ2) is 7.23. The Morgan fingerprint density at radius 3 is 2.77 bits per heavy atom. The van der Waals surface area contributed by atoms with Crippen LogP contribution in [0.3, 0.4) is 0 Å². The largest absolute Gasteiger partial charge is 0.488 e. The van der Waals surface area contributed by atoms with Crippen molar-refractivity contribution >= 4 is 12.0 Å². The van der Waals surface area contributed by atoms with E-state index in [1.54, 1.807) is 0 Å². The number of hydrogen-bond acceptors (Lipinski definition) is 5. The minimum atomic E-state index is -0.206. The van der Waals surface area contributed by atoms with Crippen LogP contribution >= 0.6 is 0 Å². The Morgan fingerprint density at radius 2 is 1.88 bits per heavy atom. The van der Waals surface area contributed by atoms with Gasteiger partial charge in [0, 0.05) is 12.0 Å². The van der Waals surface area contributed by atoms with Crippen molar-refractivity contribution < 1.29 is 14.1 Å². The van der Waals surface area contributed by atoms with Crippen LogP contribution in [0.25, 0.3) is 6.08 Å². The van der Waals surface area contributed by atoms with Crippen LogP contribution in [0.2, 0.25) is 0 Å². The Labute approximate surface area is 150 Å². The van der Waals surface area contributed by atoms with Gasteiger partial charge in [-0.1, -0.05) is 53.7 Å². The molecule has 4 rings (SSSR count). The Hall–Kier alpha value is -3.41. The van der Waals surface area contributed by atoms with Crippen LogP contribution in [0.5, 0.6) is 5.75 Å². The third-order valence-electron chi connectivity index (χ3n) is 4.04. The van der Waals surface area contributed by atoms with E-state index < -0.39 is 0 Å². The van der Waals surface area contributed by atoms with Crippen molar-refractivity contribution in [2.75, 3.05) is 6.61 Å². The van der Waals surface area contributed by atoms with E-state index in [1.165, 1.54) is 0 Å². The Bertz CT molecular complexity index is 948. The number of hydrogen-bond donors (Lipinski definition) is 1. The summed E-state index contributed by atoms with van der Waals surface area (Å²) in [7, 11) is 0. The lowest BCUT2D eigenvalue weighted by Crippen LogP contribution is -2.28. The van der Waals surface area contributed by atoms with Crippen LogP contribution in [0.1, 0.15) is 22.8 Å². The highest BCUT2D eigenvalue weighted by Gasteiger charge is 2.17. The molecule has 2 heterocycles. The van der Waals surface area contributed by atoms with Crippen molar-refractivity contribution in [3.63, 3.8) is 0 Å². The molecule has 6 nitrogen and oxygen atoms in total. The number of para-hydroxylation sites is 1. The quantitative estimate of drug-likeness (QED) is 0.768. The minimum Gasteiger partial charge on any atom is -0.488 e. The van der Waals surface area contributed by atoms with E-state index in [9.17, 15) is 4.79 Å². The summed E-state index contributed by atoms with van der Waals surface area (Å²) in [6.07, 6.45) is 2.43. The molecule has 0 unspecified atom stereocenters. The van der Waals surface area contributed by atoms with Gasteiger partial charge in [0.15, 0.2) is 5.82 Å². The first-order valence-corrected chi connectivity index (χ1v) is 8.34. The van der Waals surface area contributed by atoms with Crippen LogP contribution in [-0.4, -0.2) is 22.7 Å². The molecular formula is C20H17N3O3. The zero-order valence-corrected chi connectivity index (χ0v) is 14.0. The van der Waals surface area contributed by atoms with Gasteiger partial charge < -0.3 is 14.6 Å². The number of aromatic nitrogens is 2. The van der Waals surface area contributed by atoms with Crippen LogP contribution in [0.15, 0.2) is 64.7 Å². The number of carbonyl (C=O) groups is 1. The van der Waals surface area contributed by atoms with Gasteiger partial charge in [0.25, 0.3) is 5.91 Å². The van der Waals surface area contributed by atoms with Gasteiger partial charge in [0.05, 0.1) is 12.1 Å². The predicted octanol–water partition coefficient (Wildman–Crippen LogP) is 2.75. The van der Waals surface area contributed by atoms with Crippen LogP contribution in [0.4, 0.5) is 0 Å². The maximum atomic E-state index is 12.3. The molecule has 1 aliphatic heterocycles. The van der Waals surface area contributed by atoms with Crippen LogP contribution in [-0.2, 0) is 17.8 Å². The molecule has 1 aromatic heterocycles. The monoisotopic (exact) mass is 347 g/mol. The molecular weight excluding hydrogens is 330 g/mol. The van der Waals surface area contributed by atoms with E-state index >= 15 is 0 Å². The first kappa shape index (κ1) is 16.1. The Morgan fingerprint density at radius 1 is 1.08 bits per heavy atom. The normalized spacial score (nSPS) is 12.7. The molecule has 0 atom stereocenters. The maximum Gasteiger partial charge on any atom is 0.251 e. The predicted molar refractivity (Wildman–Crippen MR) is 95.3 cm³/mol. The maximum absolute atomic E-state index is 12.3. The molecule has 0 saturated heterocycles. The van der Waals surface area contributed by atoms with Crippen molar-refractivity contribution in [3.05, 3.63) is 83.0 Å². The zero-order valence-electron chi connectivity index (χ0n) is 14.0. The van der Waals surface area contributed by atoms with E-state index in [0.717, 1.165) is 16.9 Å².